The molecular formula is C22H23FN4O. The number of hydrogen-bond acceptors (Lipinski definition) is 4. The van der Waals surface area contributed by atoms with Gasteiger partial charge < -0.3 is 10.6 Å². The van der Waals surface area contributed by atoms with Gasteiger partial charge in [-0.3, -0.25) is 14.8 Å². The predicted molar refractivity (Wildman–Crippen MR) is 108 cm³/mol. The Morgan fingerprint density at radius 2 is 2.04 bits per heavy atom. The number of pyridine rings is 2. The summed E-state index contributed by atoms with van der Waals surface area (Å²) in [5, 5.41) is 0. The number of anilines is 1. The largest absolute Gasteiger partial charge is 0.398 e. The molecule has 0 saturated carbocycles. The molecule has 0 spiro atoms. The van der Waals surface area contributed by atoms with Gasteiger partial charge in [-0.25, -0.2) is 4.39 Å². The van der Waals surface area contributed by atoms with Crippen molar-refractivity contribution in [1.29, 1.82) is 0 Å². The Morgan fingerprint density at radius 3 is 2.75 bits per heavy atom. The van der Waals surface area contributed by atoms with Crippen molar-refractivity contribution in [2.24, 2.45) is 0 Å². The van der Waals surface area contributed by atoms with Crippen molar-refractivity contribution in [3.63, 3.8) is 0 Å². The van der Waals surface area contributed by atoms with Gasteiger partial charge >= 0.3 is 0 Å². The molecule has 6 heteroatoms. The molecule has 1 atom stereocenters. The Hall–Kier alpha value is -3.28. The van der Waals surface area contributed by atoms with Gasteiger partial charge in [-0.15, -0.1) is 0 Å². The zero-order valence-electron chi connectivity index (χ0n) is 16.2. The first kappa shape index (κ1) is 19.5. The fourth-order valence-electron chi connectivity index (χ4n) is 3.07. The number of halogens is 1. The molecule has 0 saturated heterocycles. The number of benzene rings is 1. The molecule has 0 radical (unpaired) electrons. The number of likely N-dealkylation sites (N-methyl/N-ethyl adjacent to an activating group) is 1. The van der Waals surface area contributed by atoms with Crippen molar-refractivity contribution in [3.8, 4) is 11.1 Å². The zero-order valence-corrected chi connectivity index (χ0v) is 16.2. The monoisotopic (exact) mass is 378 g/mol. The summed E-state index contributed by atoms with van der Waals surface area (Å²) in [4.78, 5) is 23.0. The Labute approximate surface area is 164 Å². The second-order valence-electron chi connectivity index (χ2n) is 6.93. The summed E-state index contributed by atoms with van der Waals surface area (Å²) in [5.74, 6) is -0.755. The van der Waals surface area contributed by atoms with Gasteiger partial charge in [-0.2, -0.15) is 0 Å². The fourth-order valence-corrected chi connectivity index (χ4v) is 3.07. The molecule has 2 aromatic heterocycles. The molecule has 2 N–H and O–H groups in total. The van der Waals surface area contributed by atoms with E-state index in [0.29, 0.717) is 23.2 Å². The molecule has 0 aliphatic heterocycles. The van der Waals surface area contributed by atoms with Gasteiger partial charge in [0.15, 0.2) is 0 Å². The van der Waals surface area contributed by atoms with Crippen LogP contribution < -0.4 is 5.73 Å². The first-order valence-corrected chi connectivity index (χ1v) is 9.05. The van der Waals surface area contributed by atoms with E-state index in [0.717, 1.165) is 11.3 Å². The number of nitrogens with zero attached hydrogens (tertiary/aromatic N) is 3. The van der Waals surface area contributed by atoms with E-state index in [9.17, 15) is 9.18 Å². The second-order valence-corrected chi connectivity index (χ2v) is 6.93. The van der Waals surface area contributed by atoms with Crippen LogP contribution in [0.25, 0.3) is 11.1 Å². The molecule has 0 aliphatic rings. The third-order valence-corrected chi connectivity index (χ3v) is 4.90. The first-order valence-electron chi connectivity index (χ1n) is 9.05. The van der Waals surface area contributed by atoms with Crippen LogP contribution in [0.15, 0.2) is 55.0 Å². The van der Waals surface area contributed by atoms with Crippen LogP contribution in [0.4, 0.5) is 10.1 Å². The molecule has 0 bridgehead atoms. The average molecular weight is 378 g/mol. The van der Waals surface area contributed by atoms with Gasteiger partial charge in [0, 0.05) is 60.6 Å². The molecule has 1 amide bonds. The number of rotatable bonds is 5. The summed E-state index contributed by atoms with van der Waals surface area (Å²) in [6.45, 7) is 3.94. The zero-order chi connectivity index (χ0) is 20.3. The Bertz CT molecular complexity index is 1010. The fraction of sp³-hybridized carbons (Fsp3) is 0.227. The molecule has 28 heavy (non-hydrogen) atoms. The van der Waals surface area contributed by atoms with E-state index in [1.165, 1.54) is 12.1 Å². The van der Waals surface area contributed by atoms with Gasteiger partial charge in [-0.05, 0) is 55.3 Å². The highest BCUT2D eigenvalue weighted by molar-refractivity contribution is 5.96. The summed E-state index contributed by atoms with van der Waals surface area (Å²) in [6, 6.07) is 9.67. The summed E-state index contributed by atoms with van der Waals surface area (Å²) in [5.41, 5.74) is 9.86. The topological polar surface area (TPSA) is 72.1 Å². The lowest BCUT2D eigenvalue weighted by Crippen LogP contribution is -2.36. The third-order valence-electron chi connectivity index (χ3n) is 4.90. The predicted octanol–water partition coefficient (Wildman–Crippen LogP) is 3.88. The summed E-state index contributed by atoms with van der Waals surface area (Å²) in [6.07, 6.45) is 5.49. The van der Waals surface area contributed by atoms with E-state index < -0.39 is 5.82 Å². The summed E-state index contributed by atoms with van der Waals surface area (Å²) in [7, 11) is 1.72. The molecule has 3 aromatic rings. The first-order chi connectivity index (χ1) is 13.4. The number of aromatic nitrogens is 2. The van der Waals surface area contributed by atoms with Crippen LogP contribution >= 0.6 is 0 Å². The van der Waals surface area contributed by atoms with Crippen molar-refractivity contribution >= 4 is 11.6 Å². The van der Waals surface area contributed by atoms with Crippen molar-refractivity contribution in [2.45, 2.75) is 26.3 Å². The normalized spacial score (nSPS) is 11.9. The van der Waals surface area contributed by atoms with Gasteiger partial charge in [0.25, 0.3) is 5.91 Å². The van der Waals surface area contributed by atoms with Crippen molar-refractivity contribution in [1.82, 2.24) is 14.9 Å². The molecule has 144 valence electrons. The Morgan fingerprint density at radius 1 is 1.25 bits per heavy atom. The van der Waals surface area contributed by atoms with Crippen molar-refractivity contribution < 1.29 is 9.18 Å². The van der Waals surface area contributed by atoms with Crippen LogP contribution in [0.1, 0.15) is 28.5 Å². The number of nitrogen functional groups attached to an aromatic ring is 1. The highest BCUT2D eigenvalue weighted by Crippen LogP contribution is 2.27. The smallest absolute Gasteiger partial charge is 0.253 e. The minimum absolute atomic E-state index is 0.101. The minimum atomic E-state index is -0.495. The lowest BCUT2D eigenvalue weighted by atomic mass is 10.0. The summed E-state index contributed by atoms with van der Waals surface area (Å²) < 4.78 is 14.2. The van der Waals surface area contributed by atoms with Crippen LogP contribution in [-0.4, -0.2) is 33.9 Å². The number of carbonyl (C=O) groups is 1. The van der Waals surface area contributed by atoms with Crippen LogP contribution in [-0.2, 0) is 6.42 Å². The SMILES string of the molecule is Cc1cccnc1CC(C)N(C)C(=O)c1cc(F)cc(-c2cnccc2N)c1. The molecule has 0 aliphatic carbocycles. The number of hydrogen-bond donors (Lipinski definition) is 1. The second kappa shape index (κ2) is 8.17. The number of aryl methyl sites for hydroxylation is 1. The van der Waals surface area contributed by atoms with Crippen LogP contribution in [0, 0.1) is 12.7 Å². The van der Waals surface area contributed by atoms with Crippen molar-refractivity contribution in [2.75, 3.05) is 12.8 Å². The van der Waals surface area contributed by atoms with E-state index in [1.54, 1.807) is 42.7 Å². The summed E-state index contributed by atoms with van der Waals surface area (Å²) >= 11 is 0. The van der Waals surface area contributed by atoms with E-state index in [2.05, 4.69) is 9.97 Å². The van der Waals surface area contributed by atoms with Gasteiger partial charge in [-0.1, -0.05) is 6.07 Å². The molecule has 3 rings (SSSR count). The number of carbonyl (C=O) groups excluding carboxylic acids is 1. The lowest BCUT2D eigenvalue weighted by molar-refractivity contribution is 0.0742. The van der Waals surface area contributed by atoms with Crippen LogP contribution in [0.2, 0.25) is 0 Å². The highest BCUT2D eigenvalue weighted by atomic mass is 19.1. The average Bonchev–Trinajstić information content (AvgIpc) is 2.68. The third kappa shape index (κ3) is 4.17. The Kier molecular flexibility index (Phi) is 5.68. The minimum Gasteiger partial charge on any atom is -0.398 e. The van der Waals surface area contributed by atoms with E-state index in [1.807, 2.05) is 26.0 Å². The van der Waals surface area contributed by atoms with Crippen molar-refractivity contribution in [3.05, 3.63) is 77.6 Å². The number of amides is 1. The molecule has 2 heterocycles. The maximum Gasteiger partial charge on any atom is 0.253 e. The van der Waals surface area contributed by atoms with Crippen LogP contribution in [0.3, 0.4) is 0 Å². The van der Waals surface area contributed by atoms with Crippen LogP contribution in [0.5, 0.6) is 0 Å². The Balaban J connectivity index is 1.85. The lowest BCUT2D eigenvalue weighted by Gasteiger charge is -2.25. The maximum absolute atomic E-state index is 14.2. The van der Waals surface area contributed by atoms with Gasteiger partial charge in [0.2, 0.25) is 0 Å². The van der Waals surface area contributed by atoms with Gasteiger partial charge in [0.05, 0.1) is 0 Å². The standard InChI is InChI=1S/C22H23FN4O/c1-14-5-4-7-26-21(14)9-15(2)27(3)22(28)17-10-16(11-18(23)12-17)19-13-25-8-6-20(19)24/h4-8,10-13,15H,9H2,1-3H3,(H2,24,25). The van der Waals surface area contributed by atoms with Gasteiger partial charge in [0.1, 0.15) is 5.82 Å². The quantitative estimate of drug-likeness (QED) is 0.731. The van der Waals surface area contributed by atoms with E-state index >= 15 is 0 Å². The molecule has 5 nitrogen and oxygen atoms in total. The molecule has 0 fully saturated rings. The maximum atomic E-state index is 14.2. The molecule has 1 unspecified atom stereocenters. The van der Waals surface area contributed by atoms with E-state index in [4.69, 9.17) is 5.73 Å². The number of nitrogens with two attached hydrogens (primary N) is 1. The highest BCUT2D eigenvalue weighted by Gasteiger charge is 2.20. The van der Waals surface area contributed by atoms with E-state index in [-0.39, 0.29) is 17.5 Å². The molecular weight excluding hydrogens is 355 g/mol. The molecule has 1 aromatic carbocycles.